The van der Waals surface area contributed by atoms with Crippen molar-refractivity contribution in [1.29, 1.82) is 10.5 Å². The summed E-state index contributed by atoms with van der Waals surface area (Å²) in [7, 11) is 7.18. The zero-order valence-electron chi connectivity index (χ0n) is 23.1. The Bertz CT molecular complexity index is 1760. The Kier molecular flexibility index (Phi) is 8.05. The molecule has 43 heavy (non-hydrogen) atoms. The molecule has 6 rings (SSSR count). The van der Waals surface area contributed by atoms with Gasteiger partial charge in [0.1, 0.15) is 13.9 Å². The van der Waals surface area contributed by atoms with Gasteiger partial charge >= 0.3 is 0 Å². The lowest BCUT2D eigenvalue weighted by Gasteiger charge is -2.34. The monoisotopic (exact) mass is 604 g/mol. The number of benzene rings is 3. The number of nitriles is 2. The van der Waals surface area contributed by atoms with Crippen molar-refractivity contribution in [3.63, 3.8) is 0 Å². The molecule has 0 spiro atoms. The van der Waals surface area contributed by atoms with Crippen LogP contribution in [0.2, 0.25) is 10.0 Å². The number of nitrogens with one attached hydrogen (secondary N) is 4. The number of nitrogens with zero attached hydrogens (tertiary/aromatic N) is 4. The maximum absolute atomic E-state index is 10.1. The van der Waals surface area contributed by atoms with Gasteiger partial charge in [-0.05, 0) is 54.7 Å². The number of halogens is 2. The van der Waals surface area contributed by atoms with Gasteiger partial charge in [-0.2, -0.15) is 10.5 Å². The van der Waals surface area contributed by atoms with Gasteiger partial charge in [-0.1, -0.05) is 65.7 Å². The van der Waals surface area contributed by atoms with Crippen LogP contribution in [0, 0.1) is 22.7 Å². The molecular formula is C32H27BCl2N8. The third-order valence-electron chi connectivity index (χ3n) is 7.70. The lowest BCUT2D eigenvalue weighted by molar-refractivity contribution is 0.260. The van der Waals surface area contributed by atoms with Crippen molar-refractivity contribution in [1.82, 2.24) is 21.0 Å². The van der Waals surface area contributed by atoms with Crippen molar-refractivity contribution >= 4 is 53.3 Å². The van der Waals surface area contributed by atoms with Crippen molar-refractivity contribution < 1.29 is 0 Å². The molecule has 8 nitrogen and oxygen atoms in total. The third-order valence-corrected chi connectivity index (χ3v) is 8.24. The molecule has 0 saturated heterocycles. The van der Waals surface area contributed by atoms with Gasteiger partial charge < -0.3 is 16.1 Å². The number of hydrazine groups is 2. The minimum Gasteiger partial charge on any atom is -0.378 e. The second-order valence-electron chi connectivity index (χ2n) is 10.7. The first-order valence-corrected chi connectivity index (χ1v) is 14.7. The fourth-order valence-corrected chi connectivity index (χ4v) is 5.67. The molecule has 1 aromatic heterocycles. The van der Waals surface area contributed by atoms with Gasteiger partial charge in [0.25, 0.3) is 0 Å². The first-order valence-electron chi connectivity index (χ1n) is 14.0. The highest BCUT2D eigenvalue weighted by atomic mass is 35.5. The van der Waals surface area contributed by atoms with E-state index in [4.69, 9.17) is 31.0 Å². The summed E-state index contributed by atoms with van der Waals surface area (Å²) in [5, 5.41) is 30.1. The summed E-state index contributed by atoms with van der Waals surface area (Å²) in [5.41, 5.74) is 9.82. The highest BCUT2D eigenvalue weighted by Gasteiger charge is 2.37. The zero-order chi connectivity index (χ0) is 30.0. The Morgan fingerprint density at radius 1 is 1.09 bits per heavy atom. The zero-order valence-corrected chi connectivity index (χ0v) is 24.6. The summed E-state index contributed by atoms with van der Waals surface area (Å²) in [6.45, 7) is 0. The number of hydrogen-bond donors (Lipinski definition) is 4. The van der Waals surface area contributed by atoms with E-state index in [1.165, 1.54) is 6.20 Å². The average molecular weight is 605 g/mol. The number of pyridine rings is 1. The minimum absolute atomic E-state index is 0.219. The van der Waals surface area contributed by atoms with Gasteiger partial charge in [0.05, 0.1) is 45.0 Å². The first kappa shape index (κ1) is 28.7. The topological polar surface area (TPSA) is 112 Å². The molecular weight excluding hydrogens is 578 g/mol. The second kappa shape index (κ2) is 12.1. The molecule has 0 bridgehead atoms. The summed E-state index contributed by atoms with van der Waals surface area (Å²) < 4.78 is 0. The summed E-state index contributed by atoms with van der Waals surface area (Å²) in [6, 6.07) is 25.6. The highest BCUT2D eigenvalue weighted by molar-refractivity contribution is 6.36. The molecule has 0 amide bonds. The summed E-state index contributed by atoms with van der Waals surface area (Å²) in [6.07, 6.45) is 6.59. The fourth-order valence-electron chi connectivity index (χ4n) is 5.28. The van der Waals surface area contributed by atoms with Gasteiger partial charge in [-0.25, -0.2) is 0 Å². The van der Waals surface area contributed by atoms with Crippen LogP contribution in [-0.4, -0.2) is 23.9 Å². The molecule has 1 aliphatic carbocycles. The van der Waals surface area contributed by atoms with Crippen LogP contribution in [0.25, 0.3) is 10.9 Å². The molecule has 4 aromatic rings. The lowest BCUT2D eigenvalue weighted by atomic mass is 9.69. The van der Waals surface area contributed by atoms with E-state index in [1.807, 2.05) is 59.7 Å². The number of fused-ring (bicyclic) bond motifs is 1. The molecule has 212 valence electrons. The van der Waals surface area contributed by atoms with Crippen molar-refractivity contribution in [2.24, 2.45) is 0 Å². The van der Waals surface area contributed by atoms with Crippen LogP contribution in [0.1, 0.15) is 48.4 Å². The molecule has 2 atom stereocenters. The molecule has 3 aromatic carbocycles. The number of aromatic nitrogens is 1. The van der Waals surface area contributed by atoms with Crippen molar-refractivity contribution in [3.05, 3.63) is 112 Å². The van der Waals surface area contributed by atoms with E-state index in [9.17, 15) is 10.5 Å². The normalized spacial score (nSPS) is 16.4. The van der Waals surface area contributed by atoms with Gasteiger partial charge in [0.2, 0.25) is 0 Å². The molecule has 4 N–H and O–H groups in total. The predicted octanol–water partition coefficient (Wildman–Crippen LogP) is 6.63. The number of rotatable bonds is 10. The maximum Gasteiger partial charge on any atom is 0.119 e. The fraction of sp³-hybridized carbons (Fsp3) is 0.219. The summed E-state index contributed by atoms with van der Waals surface area (Å²) >= 11 is 13.0. The van der Waals surface area contributed by atoms with Crippen LogP contribution in [0.5, 0.6) is 0 Å². The van der Waals surface area contributed by atoms with E-state index in [0.717, 1.165) is 24.0 Å². The lowest BCUT2D eigenvalue weighted by Crippen LogP contribution is -2.45. The first-order chi connectivity index (χ1) is 20.9. The van der Waals surface area contributed by atoms with E-state index in [1.54, 1.807) is 18.2 Å². The highest BCUT2D eigenvalue weighted by Crippen LogP contribution is 2.39. The van der Waals surface area contributed by atoms with Crippen LogP contribution >= 0.6 is 23.2 Å². The van der Waals surface area contributed by atoms with Crippen molar-refractivity contribution in [2.75, 3.05) is 10.6 Å². The molecule has 2 heterocycles. The van der Waals surface area contributed by atoms with Crippen LogP contribution in [0.3, 0.4) is 0 Å². The molecule has 1 aliphatic heterocycles. The van der Waals surface area contributed by atoms with E-state index in [-0.39, 0.29) is 6.04 Å². The van der Waals surface area contributed by atoms with E-state index >= 15 is 0 Å². The molecule has 11 heteroatoms. The van der Waals surface area contributed by atoms with E-state index in [2.05, 4.69) is 38.7 Å². The van der Waals surface area contributed by atoms with Crippen LogP contribution < -0.4 is 21.6 Å². The molecule has 2 aliphatic rings. The average Bonchev–Trinajstić information content (AvgIpc) is 3.75. The largest absolute Gasteiger partial charge is 0.378 e. The Balaban J connectivity index is 1.44. The van der Waals surface area contributed by atoms with Crippen molar-refractivity contribution in [2.45, 2.75) is 43.2 Å². The maximum atomic E-state index is 10.1. The Morgan fingerprint density at radius 2 is 1.86 bits per heavy atom. The summed E-state index contributed by atoms with van der Waals surface area (Å²) in [4.78, 5) is 4.51. The second-order valence-corrected chi connectivity index (χ2v) is 11.5. The Labute approximate surface area is 261 Å². The minimum atomic E-state index is -1.20. The van der Waals surface area contributed by atoms with E-state index < -0.39 is 5.44 Å². The van der Waals surface area contributed by atoms with E-state index in [0.29, 0.717) is 62.5 Å². The van der Waals surface area contributed by atoms with Crippen molar-refractivity contribution in [3.8, 4) is 12.1 Å². The molecule has 1 fully saturated rings. The number of anilines is 2. The SMILES string of the molecule is [B]C(Nc1cc(Cl)c2ncc(C#N)c(N[C@H](CCC#N)c3ccccc3)c2c1)(C1=CN(C2CC2)NN1)c1ccc(Cl)cc1. The van der Waals surface area contributed by atoms with Gasteiger partial charge in [0.15, 0.2) is 0 Å². The van der Waals surface area contributed by atoms with Gasteiger partial charge in [0, 0.05) is 41.0 Å². The summed E-state index contributed by atoms with van der Waals surface area (Å²) in [5.74, 6) is 0. The number of hydrogen-bond acceptors (Lipinski definition) is 8. The predicted molar refractivity (Wildman–Crippen MR) is 171 cm³/mol. The van der Waals surface area contributed by atoms with Crippen LogP contribution in [-0.2, 0) is 5.44 Å². The standard InChI is InChI=1S/C32H27BCl2N8/c33-32(22-8-10-23(34)11-9-22,29-19-43(42-41-29)25-12-13-25)40-24-15-26-30(21(17-37)18-38-31(26)27(35)16-24)39-28(7-4-14-36)20-5-2-1-3-6-20/h1-3,5-6,8-11,15-16,18-19,25,28,40-42H,4,7,12-13H2,(H,38,39)/t28-,32?/m1/s1. The van der Waals surface area contributed by atoms with Crippen LogP contribution in [0.15, 0.2) is 84.8 Å². The van der Waals surface area contributed by atoms with Crippen LogP contribution in [0.4, 0.5) is 11.4 Å². The van der Waals surface area contributed by atoms with Gasteiger partial charge in [-0.3, -0.25) is 9.99 Å². The Morgan fingerprint density at radius 3 is 2.56 bits per heavy atom. The molecule has 2 radical (unpaired) electrons. The third kappa shape index (κ3) is 5.93. The van der Waals surface area contributed by atoms with Gasteiger partial charge in [-0.15, -0.1) is 5.53 Å². The molecule has 1 unspecified atom stereocenters. The quantitative estimate of drug-likeness (QED) is 0.149. The molecule has 1 saturated carbocycles. The Hall–Kier alpha value is -4.41. The smallest absolute Gasteiger partial charge is 0.119 e.